The van der Waals surface area contributed by atoms with Crippen molar-refractivity contribution in [3.05, 3.63) is 46.2 Å². The minimum atomic E-state index is -0.159. The number of carbonyl (C=O) groups excluding carboxylic acids is 1. The summed E-state index contributed by atoms with van der Waals surface area (Å²) in [4.78, 5) is 11.9. The number of hydrogen-bond acceptors (Lipinski definition) is 2. The first-order valence-electron chi connectivity index (χ1n) is 4.73. The zero-order valence-electron chi connectivity index (χ0n) is 8.62. The van der Waals surface area contributed by atoms with E-state index in [1.807, 2.05) is 19.1 Å². The summed E-state index contributed by atoms with van der Waals surface area (Å²) >= 11 is 3.37. The van der Waals surface area contributed by atoms with Gasteiger partial charge in [0.25, 0.3) is 5.91 Å². The van der Waals surface area contributed by atoms with Gasteiger partial charge in [-0.3, -0.25) is 9.89 Å². The summed E-state index contributed by atoms with van der Waals surface area (Å²) in [5, 5.41) is 9.12. The first-order chi connectivity index (χ1) is 7.66. The minimum Gasteiger partial charge on any atom is -0.319 e. The molecule has 0 aliphatic carbocycles. The molecule has 0 fully saturated rings. The summed E-state index contributed by atoms with van der Waals surface area (Å²) in [5.74, 6) is -0.159. The molecule has 0 spiro atoms. The van der Waals surface area contributed by atoms with Crippen molar-refractivity contribution in [3.8, 4) is 0 Å². The molecule has 1 aromatic carbocycles. The number of nitrogens with zero attached hydrogens (tertiary/aromatic N) is 1. The molecule has 0 saturated carbocycles. The smallest absolute Gasteiger partial charge is 0.256 e. The van der Waals surface area contributed by atoms with Crippen LogP contribution < -0.4 is 5.32 Å². The minimum absolute atomic E-state index is 0.159. The average Bonchev–Trinajstić information content (AvgIpc) is 2.70. The van der Waals surface area contributed by atoms with Gasteiger partial charge in [0.1, 0.15) is 0 Å². The van der Waals surface area contributed by atoms with Crippen LogP contribution in [0, 0.1) is 6.92 Å². The Balaban J connectivity index is 2.21. The molecule has 2 rings (SSSR count). The quantitative estimate of drug-likeness (QED) is 0.888. The number of carbonyl (C=O) groups is 1. The lowest BCUT2D eigenvalue weighted by Crippen LogP contribution is -2.12. The fourth-order valence-corrected chi connectivity index (χ4v) is 2.00. The zero-order valence-corrected chi connectivity index (χ0v) is 10.2. The summed E-state index contributed by atoms with van der Waals surface area (Å²) in [7, 11) is 0. The second-order valence-corrected chi connectivity index (χ2v) is 4.28. The van der Waals surface area contributed by atoms with Gasteiger partial charge in [0.2, 0.25) is 0 Å². The number of aromatic nitrogens is 2. The maximum absolute atomic E-state index is 11.9. The molecule has 1 aromatic heterocycles. The molecule has 0 unspecified atom stereocenters. The van der Waals surface area contributed by atoms with E-state index in [4.69, 9.17) is 0 Å². The van der Waals surface area contributed by atoms with E-state index in [-0.39, 0.29) is 5.91 Å². The summed E-state index contributed by atoms with van der Waals surface area (Å²) in [6, 6.07) is 5.59. The average molecular weight is 280 g/mol. The molecule has 0 aliphatic rings. The SMILES string of the molecule is Cc1ccc(C(=O)Nc2cn[nH]c2)c(Br)c1. The number of amides is 1. The van der Waals surface area contributed by atoms with Crippen molar-refractivity contribution in [1.29, 1.82) is 0 Å². The van der Waals surface area contributed by atoms with Gasteiger partial charge >= 0.3 is 0 Å². The number of aromatic amines is 1. The van der Waals surface area contributed by atoms with Crippen molar-refractivity contribution >= 4 is 27.5 Å². The predicted octanol–water partition coefficient (Wildman–Crippen LogP) is 2.73. The molecule has 5 heteroatoms. The molecule has 0 saturated heterocycles. The molecule has 4 nitrogen and oxygen atoms in total. The Hall–Kier alpha value is -1.62. The molecule has 0 atom stereocenters. The number of halogens is 1. The number of H-pyrrole nitrogens is 1. The molecule has 0 aliphatic heterocycles. The van der Waals surface area contributed by atoms with E-state index in [2.05, 4.69) is 31.4 Å². The van der Waals surface area contributed by atoms with Gasteiger partial charge in [-0.2, -0.15) is 5.10 Å². The zero-order chi connectivity index (χ0) is 11.5. The van der Waals surface area contributed by atoms with Crippen molar-refractivity contribution in [2.45, 2.75) is 6.92 Å². The normalized spacial score (nSPS) is 10.1. The predicted molar refractivity (Wildman–Crippen MR) is 65.4 cm³/mol. The highest BCUT2D eigenvalue weighted by Crippen LogP contribution is 2.19. The molecule has 82 valence electrons. The van der Waals surface area contributed by atoms with E-state index in [1.54, 1.807) is 18.5 Å². The van der Waals surface area contributed by atoms with Gasteiger partial charge in [0, 0.05) is 10.7 Å². The van der Waals surface area contributed by atoms with E-state index in [1.165, 1.54) is 0 Å². The Kier molecular flexibility index (Phi) is 3.05. The summed E-state index contributed by atoms with van der Waals surface area (Å²) in [6.07, 6.45) is 3.18. The molecule has 1 amide bonds. The number of aryl methyl sites for hydroxylation is 1. The number of nitrogens with one attached hydrogen (secondary N) is 2. The molecule has 1 heterocycles. The third-order valence-electron chi connectivity index (χ3n) is 2.13. The van der Waals surface area contributed by atoms with Crippen LogP contribution >= 0.6 is 15.9 Å². The Bertz CT molecular complexity index is 508. The van der Waals surface area contributed by atoms with Crippen LogP contribution in [0.15, 0.2) is 35.1 Å². The fraction of sp³-hybridized carbons (Fsp3) is 0.0909. The van der Waals surface area contributed by atoms with Gasteiger partial charge in [-0.15, -0.1) is 0 Å². The highest BCUT2D eigenvalue weighted by atomic mass is 79.9. The monoisotopic (exact) mass is 279 g/mol. The van der Waals surface area contributed by atoms with Gasteiger partial charge in [-0.25, -0.2) is 0 Å². The van der Waals surface area contributed by atoms with Gasteiger partial charge in [-0.1, -0.05) is 6.07 Å². The van der Waals surface area contributed by atoms with Crippen molar-refractivity contribution in [2.75, 3.05) is 5.32 Å². The number of anilines is 1. The van der Waals surface area contributed by atoms with Crippen molar-refractivity contribution in [2.24, 2.45) is 0 Å². The third-order valence-corrected chi connectivity index (χ3v) is 2.78. The maximum atomic E-state index is 11.9. The van der Waals surface area contributed by atoms with Gasteiger partial charge in [0.15, 0.2) is 0 Å². The summed E-state index contributed by atoms with van der Waals surface area (Å²) in [6.45, 7) is 1.97. The molecular weight excluding hydrogens is 270 g/mol. The van der Waals surface area contributed by atoms with E-state index in [9.17, 15) is 4.79 Å². The third kappa shape index (κ3) is 2.30. The van der Waals surface area contributed by atoms with Crippen LogP contribution in [0.3, 0.4) is 0 Å². The molecule has 0 bridgehead atoms. The van der Waals surface area contributed by atoms with Crippen molar-refractivity contribution < 1.29 is 4.79 Å². The highest BCUT2D eigenvalue weighted by molar-refractivity contribution is 9.10. The molecular formula is C11H10BrN3O. The van der Waals surface area contributed by atoms with Crippen LogP contribution in [0.2, 0.25) is 0 Å². The number of rotatable bonds is 2. The highest BCUT2D eigenvalue weighted by Gasteiger charge is 2.10. The van der Waals surface area contributed by atoms with Crippen LogP contribution in [-0.4, -0.2) is 16.1 Å². The van der Waals surface area contributed by atoms with Crippen LogP contribution in [0.1, 0.15) is 15.9 Å². The van der Waals surface area contributed by atoms with Crippen molar-refractivity contribution in [3.63, 3.8) is 0 Å². The van der Waals surface area contributed by atoms with E-state index in [0.717, 1.165) is 10.0 Å². The maximum Gasteiger partial charge on any atom is 0.256 e. The van der Waals surface area contributed by atoms with E-state index < -0.39 is 0 Å². The molecule has 16 heavy (non-hydrogen) atoms. The van der Waals surface area contributed by atoms with Crippen LogP contribution in [0.5, 0.6) is 0 Å². The van der Waals surface area contributed by atoms with Gasteiger partial charge in [0.05, 0.1) is 17.4 Å². The molecule has 0 radical (unpaired) electrons. The van der Waals surface area contributed by atoms with Gasteiger partial charge < -0.3 is 5.32 Å². The second-order valence-electron chi connectivity index (χ2n) is 3.42. The Morgan fingerprint density at radius 1 is 1.50 bits per heavy atom. The fourth-order valence-electron chi connectivity index (χ4n) is 1.32. The molecule has 2 N–H and O–H groups in total. The lowest BCUT2D eigenvalue weighted by molar-refractivity contribution is 0.102. The largest absolute Gasteiger partial charge is 0.319 e. The van der Waals surface area contributed by atoms with Crippen LogP contribution in [-0.2, 0) is 0 Å². The lowest BCUT2D eigenvalue weighted by Gasteiger charge is -2.05. The number of hydrogen-bond donors (Lipinski definition) is 2. The van der Waals surface area contributed by atoms with Gasteiger partial charge in [-0.05, 0) is 40.5 Å². The standard InChI is InChI=1S/C11H10BrN3O/c1-7-2-3-9(10(12)4-7)11(16)15-8-5-13-14-6-8/h2-6H,1H3,(H,13,14)(H,15,16). The Morgan fingerprint density at radius 2 is 2.31 bits per heavy atom. The van der Waals surface area contributed by atoms with E-state index >= 15 is 0 Å². The lowest BCUT2D eigenvalue weighted by atomic mass is 10.1. The van der Waals surface area contributed by atoms with Crippen molar-refractivity contribution in [1.82, 2.24) is 10.2 Å². The second kappa shape index (κ2) is 4.49. The first kappa shape index (κ1) is 10.9. The number of benzene rings is 1. The molecule has 2 aromatic rings. The van der Waals surface area contributed by atoms with Crippen LogP contribution in [0.4, 0.5) is 5.69 Å². The van der Waals surface area contributed by atoms with Crippen LogP contribution in [0.25, 0.3) is 0 Å². The van der Waals surface area contributed by atoms with E-state index in [0.29, 0.717) is 11.3 Å². The topological polar surface area (TPSA) is 57.8 Å². The summed E-state index contributed by atoms with van der Waals surface area (Å²) in [5.41, 5.74) is 2.36. The Morgan fingerprint density at radius 3 is 2.94 bits per heavy atom. The Labute approximate surface area is 101 Å². The summed E-state index contributed by atoms with van der Waals surface area (Å²) < 4.78 is 0.786. The first-order valence-corrected chi connectivity index (χ1v) is 5.52.